The lowest BCUT2D eigenvalue weighted by Crippen LogP contribution is -2.61. The number of hydrogen-bond donors (Lipinski definition) is 2. The molecule has 6 heterocycles. The minimum atomic E-state index is -2.23. The number of piperazine rings is 1. The standard InChI is InChI=1S/C47H52FN7O2S2Si/c1-26(2)60(27(3)4,28(5)6)20-18-32-35(48)16-15-29-21-36-34(23-50-53-36)40(39(29)32)42-43-33(17-19-49-42)41-44(51-46(59(9)57)52-45(41)58-43)54-24-31-22-38(56)37(25-54)55(31)47(7,8)30-13-11-10-12-14-30/h10-17,19,21,23,26-28,31,37-38,56H,22,24-25H2,1-9H3,(H,50,53)/t31-,37-,38-,59?/m0/s1. The van der Waals surface area contributed by atoms with Crippen LogP contribution in [0.4, 0.5) is 10.2 Å². The molecule has 9 nitrogen and oxygen atoms in total. The van der Waals surface area contributed by atoms with E-state index < -0.39 is 25.0 Å². The van der Waals surface area contributed by atoms with Gasteiger partial charge in [0.15, 0.2) is 0 Å². The smallest absolute Gasteiger partial charge is 0.221 e. The molecule has 0 radical (unpaired) electrons. The molecule has 7 aromatic rings. The van der Waals surface area contributed by atoms with Gasteiger partial charge in [-0.1, -0.05) is 83.9 Å². The molecule has 4 atom stereocenters. The summed E-state index contributed by atoms with van der Waals surface area (Å²) in [7, 11) is -3.69. The number of aromatic nitrogens is 5. The maximum absolute atomic E-state index is 16.5. The van der Waals surface area contributed by atoms with Gasteiger partial charge < -0.3 is 10.0 Å². The van der Waals surface area contributed by atoms with Crippen LogP contribution in [0.1, 0.15) is 72.9 Å². The summed E-state index contributed by atoms with van der Waals surface area (Å²) >= 11 is 1.48. The lowest BCUT2D eigenvalue weighted by Gasteiger charge is -2.50. The minimum absolute atomic E-state index is 0.0556. The third-order valence-electron chi connectivity index (χ3n) is 13.6. The van der Waals surface area contributed by atoms with Gasteiger partial charge >= 0.3 is 0 Å². The summed E-state index contributed by atoms with van der Waals surface area (Å²) in [5, 5.41) is 23.6. The van der Waals surface area contributed by atoms with Crippen molar-refractivity contribution < 1.29 is 13.7 Å². The zero-order valence-electron chi connectivity index (χ0n) is 35.7. The number of aliphatic hydroxyl groups excluding tert-OH is 1. The second-order valence-corrected chi connectivity index (χ2v) is 26.0. The maximum Gasteiger partial charge on any atom is 0.221 e. The molecule has 0 spiro atoms. The summed E-state index contributed by atoms with van der Waals surface area (Å²) in [5.41, 5.74) is 8.45. The molecule has 2 N–H and O–H groups in total. The van der Waals surface area contributed by atoms with Crippen molar-refractivity contribution in [3.8, 4) is 22.7 Å². The van der Waals surface area contributed by atoms with E-state index in [-0.39, 0.29) is 28.6 Å². The van der Waals surface area contributed by atoms with Crippen LogP contribution in [0.5, 0.6) is 0 Å². The van der Waals surface area contributed by atoms with Crippen LogP contribution in [0, 0.1) is 17.3 Å². The van der Waals surface area contributed by atoms with Crippen molar-refractivity contribution in [2.75, 3.05) is 24.2 Å². The number of anilines is 1. The van der Waals surface area contributed by atoms with Crippen molar-refractivity contribution in [1.29, 1.82) is 0 Å². The minimum Gasteiger partial charge on any atom is -0.391 e. The number of hydrogen-bond acceptors (Lipinski definition) is 9. The molecule has 2 saturated heterocycles. The quantitative estimate of drug-likeness (QED) is 0.0884. The third kappa shape index (κ3) is 6.32. The van der Waals surface area contributed by atoms with E-state index in [1.54, 1.807) is 18.6 Å². The van der Waals surface area contributed by atoms with Gasteiger partial charge in [0.05, 0.1) is 56.0 Å². The molecule has 1 unspecified atom stereocenters. The summed E-state index contributed by atoms with van der Waals surface area (Å²) in [5.74, 6) is 3.83. The Morgan fingerprint density at radius 1 is 0.983 bits per heavy atom. The molecule has 2 aliphatic heterocycles. The molecule has 0 saturated carbocycles. The Morgan fingerprint density at radius 3 is 2.40 bits per heavy atom. The molecule has 2 fully saturated rings. The van der Waals surface area contributed by atoms with E-state index in [9.17, 15) is 9.32 Å². The number of benzene rings is 3. The van der Waals surface area contributed by atoms with Crippen LogP contribution in [0.2, 0.25) is 16.6 Å². The Hall–Kier alpha value is -4.58. The SMILES string of the molecule is CC(C)[Si](C#Cc1c(F)ccc2cc3[nH]ncc3c(-c3nccc4c3sc3nc(S(C)=O)nc(N5C[C@@H]6C[C@H](O)[C@H](C5)N6C(C)(C)c5ccccc5)c34)c12)(C(C)C)C(C)C. The van der Waals surface area contributed by atoms with Crippen LogP contribution in [0.15, 0.2) is 72.1 Å². The van der Waals surface area contributed by atoms with E-state index in [1.165, 1.54) is 23.0 Å². The van der Waals surface area contributed by atoms with Crippen molar-refractivity contribution in [3.05, 3.63) is 83.9 Å². The monoisotopic (exact) mass is 857 g/mol. The van der Waals surface area contributed by atoms with Crippen LogP contribution in [-0.2, 0) is 16.3 Å². The first-order valence-corrected chi connectivity index (χ1v) is 25.6. The molecule has 0 aliphatic carbocycles. The predicted molar refractivity (Wildman–Crippen MR) is 247 cm³/mol. The van der Waals surface area contributed by atoms with Gasteiger partial charge in [-0.15, -0.1) is 16.9 Å². The topological polar surface area (TPSA) is 111 Å². The van der Waals surface area contributed by atoms with Crippen molar-refractivity contribution in [2.45, 2.75) is 107 Å². The van der Waals surface area contributed by atoms with E-state index in [0.29, 0.717) is 63.4 Å². The molecule has 13 heteroatoms. The first-order valence-electron chi connectivity index (χ1n) is 20.9. The third-order valence-corrected chi connectivity index (χ3v) is 21.7. The highest BCUT2D eigenvalue weighted by molar-refractivity contribution is 7.84. The largest absolute Gasteiger partial charge is 0.391 e. The van der Waals surface area contributed by atoms with Gasteiger partial charge in [0.2, 0.25) is 5.16 Å². The molecule has 9 rings (SSSR count). The van der Waals surface area contributed by atoms with Crippen LogP contribution in [-0.4, -0.2) is 85.0 Å². The van der Waals surface area contributed by atoms with Gasteiger partial charge in [0, 0.05) is 58.8 Å². The van der Waals surface area contributed by atoms with E-state index in [1.807, 2.05) is 24.3 Å². The fourth-order valence-corrected chi connectivity index (χ4v) is 17.8. The number of halogens is 1. The number of thiophene rings is 1. The maximum atomic E-state index is 16.5. The van der Waals surface area contributed by atoms with E-state index in [2.05, 4.69) is 111 Å². The number of aliphatic hydroxyl groups is 1. The normalized spacial score (nSPS) is 19.4. The Morgan fingerprint density at radius 2 is 1.72 bits per heavy atom. The first-order chi connectivity index (χ1) is 28.6. The lowest BCUT2D eigenvalue weighted by atomic mass is 9.89. The first kappa shape index (κ1) is 40.8. The van der Waals surface area contributed by atoms with Gasteiger partial charge in [-0.3, -0.25) is 19.2 Å². The molecular weight excluding hydrogens is 806 g/mol. The van der Waals surface area contributed by atoms with Gasteiger partial charge in [-0.25, -0.2) is 14.4 Å². The van der Waals surface area contributed by atoms with E-state index in [0.717, 1.165) is 37.3 Å². The van der Waals surface area contributed by atoms with Crippen LogP contribution >= 0.6 is 11.3 Å². The summed E-state index contributed by atoms with van der Waals surface area (Å²) in [4.78, 5) is 20.5. The zero-order chi connectivity index (χ0) is 42.4. The predicted octanol–water partition coefficient (Wildman–Crippen LogP) is 9.94. The highest BCUT2D eigenvalue weighted by Crippen LogP contribution is 2.48. The summed E-state index contributed by atoms with van der Waals surface area (Å²) < 4.78 is 30.5. The average molecular weight is 858 g/mol. The van der Waals surface area contributed by atoms with Gasteiger partial charge in [0.1, 0.15) is 24.5 Å². The average Bonchev–Trinajstić information content (AvgIpc) is 3.90. The Labute approximate surface area is 358 Å². The Balaban J connectivity index is 1.25. The second-order valence-electron chi connectivity index (χ2n) is 18.1. The highest BCUT2D eigenvalue weighted by Gasteiger charge is 2.52. The summed E-state index contributed by atoms with van der Waals surface area (Å²) in [6.07, 6.45) is 5.34. The van der Waals surface area contributed by atoms with Crippen LogP contribution in [0.25, 0.3) is 53.2 Å². The van der Waals surface area contributed by atoms with E-state index in [4.69, 9.17) is 15.0 Å². The fourth-order valence-electron chi connectivity index (χ4n) is 10.9. The number of nitrogens with one attached hydrogen (secondary N) is 1. The molecule has 310 valence electrons. The number of fused-ring (bicyclic) bond motifs is 7. The molecule has 4 aromatic heterocycles. The van der Waals surface area contributed by atoms with Gasteiger partial charge in [0.25, 0.3) is 0 Å². The van der Waals surface area contributed by atoms with Crippen LogP contribution < -0.4 is 4.90 Å². The number of rotatable bonds is 8. The number of pyridine rings is 1. The molecule has 0 amide bonds. The van der Waals surface area contributed by atoms with Gasteiger partial charge in [-0.05, 0) is 66.0 Å². The van der Waals surface area contributed by atoms with Crippen molar-refractivity contribution in [3.63, 3.8) is 0 Å². The molecule has 2 bridgehead atoms. The van der Waals surface area contributed by atoms with Gasteiger partial charge in [-0.2, -0.15) is 5.10 Å². The van der Waals surface area contributed by atoms with Crippen molar-refractivity contribution in [2.24, 2.45) is 0 Å². The number of nitrogens with zero attached hydrogens (tertiary/aromatic N) is 6. The molecular formula is C47H52FN7O2S2Si. The second kappa shape index (κ2) is 15.1. The summed E-state index contributed by atoms with van der Waals surface area (Å²) in [6.45, 7) is 19.2. The zero-order valence-corrected chi connectivity index (χ0v) is 38.3. The highest BCUT2D eigenvalue weighted by atomic mass is 32.2. The molecule has 2 aliphatic rings. The van der Waals surface area contributed by atoms with Crippen LogP contribution in [0.3, 0.4) is 0 Å². The Bertz CT molecular complexity index is 2880. The number of aromatic amines is 1. The Kier molecular flexibility index (Phi) is 10.3. The number of H-pyrrole nitrogens is 1. The van der Waals surface area contributed by atoms with Crippen molar-refractivity contribution in [1.82, 2.24) is 30.0 Å². The van der Waals surface area contributed by atoms with Crippen molar-refractivity contribution >= 4 is 78.0 Å². The molecule has 3 aromatic carbocycles. The van der Waals surface area contributed by atoms with E-state index >= 15 is 4.39 Å². The fraction of sp³-hybridized carbons (Fsp3) is 0.404. The summed E-state index contributed by atoms with van der Waals surface area (Å²) in [6, 6.07) is 17.8. The lowest BCUT2D eigenvalue weighted by molar-refractivity contribution is 0.0221. The molecule has 60 heavy (non-hydrogen) atoms.